The molecule has 0 unspecified atom stereocenters. The Labute approximate surface area is 209 Å². The Morgan fingerprint density at radius 3 is 2.36 bits per heavy atom. The maximum atomic E-state index is 12.8. The highest BCUT2D eigenvalue weighted by Gasteiger charge is 2.28. The highest BCUT2D eigenvalue weighted by atomic mass is 16.2. The average molecular weight is 482 g/mol. The summed E-state index contributed by atoms with van der Waals surface area (Å²) in [5, 5.41) is 13.1. The standard InChI is InChI=1S/C27H27N7O2/c1-17-28-23(16-35)22-13-14-24(36)33(26(22)29-17)15-18-9-11-19(12-10-18)20-7-5-6-8-21(20)25-30-32-34(31-25)27(2,3)4/h5-12,16H,13-15H2,1-4H3. The van der Waals surface area contributed by atoms with Gasteiger partial charge in [0, 0.05) is 17.5 Å². The summed E-state index contributed by atoms with van der Waals surface area (Å²) in [6.07, 6.45) is 1.54. The van der Waals surface area contributed by atoms with Crippen molar-refractivity contribution < 1.29 is 9.59 Å². The molecule has 5 rings (SSSR count). The van der Waals surface area contributed by atoms with Gasteiger partial charge in [0.05, 0.1) is 12.1 Å². The van der Waals surface area contributed by atoms with Crippen LogP contribution in [0.5, 0.6) is 0 Å². The van der Waals surface area contributed by atoms with E-state index in [0.29, 0.717) is 42.5 Å². The maximum absolute atomic E-state index is 12.8. The number of tetrazole rings is 1. The Hall–Kier alpha value is -4.27. The highest BCUT2D eigenvalue weighted by molar-refractivity contribution is 5.96. The van der Waals surface area contributed by atoms with Gasteiger partial charge in [0.1, 0.15) is 17.3 Å². The van der Waals surface area contributed by atoms with E-state index in [9.17, 15) is 9.59 Å². The van der Waals surface area contributed by atoms with E-state index in [2.05, 4.69) is 25.4 Å². The molecule has 9 heteroatoms. The molecule has 0 bridgehead atoms. The Balaban J connectivity index is 1.44. The maximum Gasteiger partial charge on any atom is 0.228 e. The fourth-order valence-electron chi connectivity index (χ4n) is 4.32. The molecular formula is C27H27N7O2. The molecule has 0 aliphatic carbocycles. The predicted molar refractivity (Wildman–Crippen MR) is 135 cm³/mol. The van der Waals surface area contributed by atoms with Gasteiger partial charge in [0.25, 0.3) is 0 Å². The number of hydrogen-bond donors (Lipinski definition) is 0. The smallest absolute Gasteiger partial charge is 0.228 e. The highest BCUT2D eigenvalue weighted by Crippen LogP contribution is 2.32. The van der Waals surface area contributed by atoms with Crippen LogP contribution in [0.4, 0.5) is 5.82 Å². The molecule has 4 aromatic rings. The van der Waals surface area contributed by atoms with Crippen LogP contribution in [-0.2, 0) is 23.3 Å². The van der Waals surface area contributed by atoms with Gasteiger partial charge in [-0.15, -0.1) is 10.2 Å². The zero-order chi connectivity index (χ0) is 25.4. The molecule has 0 N–H and O–H groups in total. The second kappa shape index (κ2) is 9.07. The Bertz CT molecular complexity index is 1450. The number of aryl methyl sites for hydroxylation is 1. The predicted octanol–water partition coefficient (Wildman–Crippen LogP) is 4.15. The van der Waals surface area contributed by atoms with Gasteiger partial charge in [0.15, 0.2) is 6.29 Å². The molecule has 1 aliphatic rings. The van der Waals surface area contributed by atoms with Crippen LogP contribution in [0.25, 0.3) is 22.5 Å². The number of aromatic nitrogens is 6. The number of fused-ring (bicyclic) bond motifs is 1. The quantitative estimate of drug-likeness (QED) is 0.394. The fraction of sp³-hybridized carbons (Fsp3) is 0.296. The van der Waals surface area contributed by atoms with Crippen molar-refractivity contribution in [3.63, 3.8) is 0 Å². The van der Waals surface area contributed by atoms with Crippen molar-refractivity contribution in [2.75, 3.05) is 4.90 Å². The SMILES string of the molecule is Cc1nc(C=O)c2c(n1)N(Cc1ccc(-c3ccccc3-c3nnn(C(C)(C)C)n3)cc1)C(=O)CC2. The summed E-state index contributed by atoms with van der Waals surface area (Å²) in [5.74, 6) is 1.56. The molecule has 0 atom stereocenters. The van der Waals surface area contributed by atoms with Crippen molar-refractivity contribution in [2.45, 2.75) is 52.6 Å². The van der Waals surface area contributed by atoms with Crippen LogP contribution in [0, 0.1) is 6.92 Å². The molecule has 0 saturated heterocycles. The van der Waals surface area contributed by atoms with Gasteiger partial charge in [-0.25, -0.2) is 9.97 Å². The summed E-state index contributed by atoms with van der Waals surface area (Å²) >= 11 is 0. The van der Waals surface area contributed by atoms with Gasteiger partial charge < -0.3 is 0 Å². The fourth-order valence-corrected chi connectivity index (χ4v) is 4.32. The largest absolute Gasteiger partial charge is 0.296 e. The van der Waals surface area contributed by atoms with E-state index in [0.717, 1.165) is 34.1 Å². The van der Waals surface area contributed by atoms with Crippen LogP contribution in [0.3, 0.4) is 0 Å². The van der Waals surface area contributed by atoms with Crippen molar-refractivity contribution in [1.29, 1.82) is 0 Å². The lowest BCUT2D eigenvalue weighted by Crippen LogP contribution is -2.36. The number of rotatable bonds is 5. The topological polar surface area (TPSA) is 107 Å². The minimum Gasteiger partial charge on any atom is -0.296 e. The summed E-state index contributed by atoms with van der Waals surface area (Å²) < 4.78 is 0. The Morgan fingerprint density at radius 2 is 1.69 bits per heavy atom. The molecule has 0 radical (unpaired) electrons. The first kappa shape index (κ1) is 23.5. The number of benzene rings is 2. The van der Waals surface area contributed by atoms with Crippen molar-refractivity contribution in [3.05, 3.63) is 71.2 Å². The first-order valence-electron chi connectivity index (χ1n) is 11.9. The summed E-state index contributed by atoms with van der Waals surface area (Å²) in [7, 11) is 0. The number of carbonyl (C=O) groups excluding carboxylic acids is 2. The van der Waals surface area contributed by atoms with E-state index in [-0.39, 0.29) is 11.4 Å². The number of carbonyl (C=O) groups is 2. The minimum absolute atomic E-state index is 0.0140. The second-order valence-corrected chi connectivity index (χ2v) is 9.87. The van der Waals surface area contributed by atoms with Crippen LogP contribution in [0.2, 0.25) is 0 Å². The van der Waals surface area contributed by atoms with Crippen molar-refractivity contribution >= 4 is 18.0 Å². The van der Waals surface area contributed by atoms with Crippen LogP contribution < -0.4 is 4.90 Å². The Morgan fingerprint density at radius 1 is 0.972 bits per heavy atom. The molecular weight excluding hydrogens is 454 g/mol. The van der Waals surface area contributed by atoms with Gasteiger partial charge in [-0.2, -0.15) is 4.80 Å². The lowest BCUT2D eigenvalue weighted by atomic mass is 9.98. The van der Waals surface area contributed by atoms with Crippen LogP contribution in [0.1, 0.15) is 54.6 Å². The molecule has 1 amide bonds. The molecule has 0 spiro atoms. The molecule has 3 heterocycles. The van der Waals surface area contributed by atoms with Crippen LogP contribution in [0.15, 0.2) is 48.5 Å². The number of amides is 1. The monoisotopic (exact) mass is 481 g/mol. The van der Waals surface area contributed by atoms with Gasteiger partial charge >= 0.3 is 0 Å². The zero-order valence-electron chi connectivity index (χ0n) is 20.8. The van der Waals surface area contributed by atoms with Gasteiger partial charge in [-0.3, -0.25) is 14.5 Å². The number of anilines is 1. The molecule has 36 heavy (non-hydrogen) atoms. The van der Waals surface area contributed by atoms with Crippen molar-refractivity contribution in [1.82, 2.24) is 30.2 Å². The third-order valence-electron chi connectivity index (χ3n) is 6.17. The molecule has 2 aromatic heterocycles. The zero-order valence-corrected chi connectivity index (χ0v) is 20.8. The third kappa shape index (κ3) is 4.39. The normalized spacial score (nSPS) is 13.6. The van der Waals surface area contributed by atoms with E-state index >= 15 is 0 Å². The molecule has 182 valence electrons. The van der Waals surface area contributed by atoms with E-state index in [4.69, 9.17) is 0 Å². The average Bonchev–Trinajstić information content (AvgIpc) is 3.37. The second-order valence-electron chi connectivity index (χ2n) is 9.87. The minimum atomic E-state index is -0.262. The van der Waals surface area contributed by atoms with Gasteiger partial charge in [0.2, 0.25) is 11.7 Å². The van der Waals surface area contributed by atoms with Gasteiger partial charge in [-0.1, -0.05) is 48.5 Å². The van der Waals surface area contributed by atoms with E-state index in [1.807, 2.05) is 69.3 Å². The summed E-state index contributed by atoms with van der Waals surface area (Å²) in [5.41, 5.74) is 4.69. The lowest BCUT2D eigenvalue weighted by Gasteiger charge is -2.29. The molecule has 0 saturated carbocycles. The third-order valence-corrected chi connectivity index (χ3v) is 6.17. The summed E-state index contributed by atoms with van der Waals surface area (Å²) in [4.78, 5) is 36.3. The van der Waals surface area contributed by atoms with Crippen molar-refractivity contribution in [3.8, 4) is 22.5 Å². The van der Waals surface area contributed by atoms with Gasteiger partial charge in [-0.05, 0) is 56.0 Å². The van der Waals surface area contributed by atoms with Crippen LogP contribution >= 0.6 is 0 Å². The van der Waals surface area contributed by atoms with E-state index < -0.39 is 0 Å². The molecule has 0 fully saturated rings. The molecule has 2 aromatic carbocycles. The van der Waals surface area contributed by atoms with E-state index in [1.54, 1.807) is 16.6 Å². The summed E-state index contributed by atoms with van der Waals surface area (Å²) in [6, 6.07) is 16.0. The number of hydrogen-bond acceptors (Lipinski definition) is 7. The molecule has 9 nitrogen and oxygen atoms in total. The van der Waals surface area contributed by atoms with Crippen molar-refractivity contribution in [2.24, 2.45) is 0 Å². The number of nitrogens with zero attached hydrogens (tertiary/aromatic N) is 7. The van der Waals surface area contributed by atoms with Crippen LogP contribution in [-0.4, -0.2) is 42.4 Å². The molecule has 1 aliphatic heterocycles. The Kier molecular flexibility index (Phi) is 5.91. The lowest BCUT2D eigenvalue weighted by molar-refractivity contribution is -0.119. The first-order chi connectivity index (χ1) is 17.2. The number of aldehydes is 1. The van der Waals surface area contributed by atoms with E-state index in [1.165, 1.54) is 0 Å². The summed E-state index contributed by atoms with van der Waals surface area (Å²) in [6.45, 7) is 8.18. The first-order valence-corrected chi connectivity index (χ1v) is 11.9.